The predicted molar refractivity (Wildman–Crippen MR) is 59.9 cm³/mol. The van der Waals surface area contributed by atoms with Gasteiger partial charge in [0.05, 0.1) is 7.11 Å². The summed E-state index contributed by atoms with van der Waals surface area (Å²) in [5.41, 5.74) is 1.57. The van der Waals surface area contributed by atoms with Crippen LogP contribution in [0.4, 0.5) is 4.39 Å². The van der Waals surface area contributed by atoms with Crippen LogP contribution in [-0.2, 0) is 11.8 Å². The highest BCUT2D eigenvalue weighted by Crippen LogP contribution is 2.23. The molecule has 0 saturated heterocycles. The first-order chi connectivity index (χ1) is 8.11. The van der Waals surface area contributed by atoms with Gasteiger partial charge in [-0.15, -0.1) is 0 Å². The van der Waals surface area contributed by atoms with Crippen LogP contribution in [0.1, 0.15) is 10.5 Å². The number of benzene rings is 1. The Morgan fingerprint density at radius 1 is 1.35 bits per heavy atom. The van der Waals surface area contributed by atoms with Crippen molar-refractivity contribution in [2.24, 2.45) is 7.05 Å². The second kappa shape index (κ2) is 4.37. The molecule has 1 aromatic carbocycles. The van der Waals surface area contributed by atoms with E-state index in [0.29, 0.717) is 5.56 Å². The lowest BCUT2D eigenvalue weighted by atomic mass is 10.1. The summed E-state index contributed by atoms with van der Waals surface area (Å²) in [7, 11) is 3.00. The van der Waals surface area contributed by atoms with E-state index in [0.717, 1.165) is 5.56 Å². The van der Waals surface area contributed by atoms with Gasteiger partial charge in [0, 0.05) is 18.8 Å². The quantitative estimate of drug-likeness (QED) is 0.746. The first kappa shape index (κ1) is 11.3. The minimum atomic E-state index is -0.509. The molecule has 1 heterocycles. The molecule has 0 fully saturated rings. The molecule has 0 N–H and O–H groups in total. The van der Waals surface area contributed by atoms with Crippen LogP contribution in [0, 0.1) is 5.82 Å². The first-order valence-electron chi connectivity index (χ1n) is 4.99. The Balaban J connectivity index is 2.51. The van der Waals surface area contributed by atoms with Crippen molar-refractivity contribution in [1.29, 1.82) is 0 Å². The monoisotopic (exact) mass is 234 g/mol. The van der Waals surface area contributed by atoms with Crippen LogP contribution in [-0.4, -0.2) is 22.9 Å². The summed E-state index contributed by atoms with van der Waals surface area (Å²) < 4.78 is 19.0. The van der Waals surface area contributed by atoms with Gasteiger partial charge in [0.25, 0.3) is 0 Å². The third-order valence-electron chi connectivity index (χ3n) is 2.36. The fourth-order valence-electron chi connectivity index (χ4n) is 1.58. The van der Waals surface area contributed by atoms with E-state index in [1.165, 1.54) is 23.9 Å². The van der Waals surface area contributed by atoms with Gasteiger partial charge >= 0.3 is 5.97 Å². The van der Waals surface area contributed by atoms with Gasteiger partial charge in [-0.25, -0.2) is 9.18 Å². The number of hydrogen-bond donors (Lipinski definition) is 0. The molecule has 0 radical (unpaired) electrons. The van der Waals surface area contributed by atoms with Crippen molar-refractivity contribution < 1.29 is 13.9 Å². The summed E-state index contributed by atoms with van der Waals surface area (Å²) in [5, 5.41) is 4.03. The third kappa shape index (κ3) is 2.18. The molecule has 0 saturated carbocycles. The van der Waals surface area contributed by atoms with Crippen molar-refractivity contribution in [2.75, 3.05) is 7.11 Å². The van der Waals surface area contributed by atoms with Crippen molar-refractivity contribution in [3.63, 3.8) is 0 Å². The lowest BCUT2D eigenvalue weighted by Gasteiger charge is -2.00. The Kier molecular flexibility index (Phi) is 2.91. The van der Waals surface area contributed by atoms with Crippen molar-refractivity contribution >= 4 is 5.97 Å². The lowest BCUT2D eigenvalue weighted by molar-refractivity contribution is 0.0594. The molecule has 5 heteroatoms. The van der Waals surface area contributed by atoms with E-state index in [1.54, 1.807) is 25.4 Å². The number of ether oxygens (including phenoxy) is 1. The predicted octanol–water partition coefficient (Wildman–Crippen LogP) is 2.01. The molecule has 88 valence electrons. The number of hydrogen-bond acceptors (Lipinski definition) is 3. The van der Waals surface area contributed by atoms with Gasteiger partial charge in [-0.2, -0.15) is 5.10 Å². The molecule has 0 unspecified atom stereocenters. The largest absolute Gasteiger partial charge is 0.464 e. The Bertz CT molecular complexity index is 546. The first-order valence-corrected chi connectivity index (χ1v) is 4.99. The molecule has 0 aliphatic rings. The molecular formula is C12H11FN2O2. The molecule has 0 aliphatic heterocycles. The van der Waals surface area contributed by atoms with Crippen LogP contribution in [0.15, 0.2) is 30.5 Å². The standard InChI is InChI=1S/C12H11FN2O2/c1-15-7-10(11(14-15)12(16)17-2)8-3-5-9(13)6-4-8/h3-7H,1-2H3. The van der Waals surface area contributed by atoms with Gasteiger partial charge in [0.1, 0.15) is 5.82 Å². The Labute approximate surface area is 97.6 Å². The van der Waals surface area contributed by atoms with E-state index in [1.807, 2.05) is 0 Å². The number of halogens is 1. The summed E-state index contributed by atoms with van der Waals surface area (Å²) in [5.74, 6) is -0.831. The van der Waals surface area contributed by atoms with Gasteiger partial charge in [0.15, 0.2) is 5.69 Å². The van der Waals surface area contributed by atoms with E-state index in [9.17, 15) is 9.18 Å². The fourth-order valence-corrected chi connectivity index (χ4v) is 1.58. The van der Waals surface area contributed by atoms with Gasteiger partial charge < -0.3 is 4.74 Å². The zero-order chi connectivity index (χ0) is 12.4. The highest BCUT2D eigenvalue weighted by atomic mass is 19.1. The van der Waals surface area contributed by atoms with E-state index in [2.05, 4.69) is 9.84 Å². The molecule has 17 heavy (non-hydrogen) atoms. The van der Waals surface area contributed by atoms with Gasteiger partial charge in [-0.3, -0.25) is 4.68 Å². The molecule has 0 aliphatic carbocycles. The molecule has 0 amide bonds. The summed E-state index contributed by atoms with van der Waals surface area (Å²) in [6, 6.07) is 5.87. The normalized spacial score (nSPS) is 10.3. The lowest BCUT2D eigenvalue weighted by Crippen LogP contribution is -2.04. The van der Waals surface area contributed by atoms with Crippen LogP contribution in [0.25, 0.3) is 11.1 Å². The molecule has 2 rings (SSSR count). The Morgan fingerprint density at radius 2 is 2.00 bits per heavy atom. The van der Waals surface area contributed by atoms with Crippen molar-refractivity contribution in [1.82, 2.24) is 9.78 Å². The fraction of sp³-hybridized carbons (Fsp3) is 0.167. The second-order valence-electron chi connectivity index (χ2n) is 3.56. The Morgan fingerprint density at radius 3 is 2.59 bits per heavy atom. The van der Waals surface area contributed by atoms with Crippen LogP contribution in [0.5, 0.6) is 0 Å². The van der Waals surface area contributed by atoms with E-state index in [4.69, 9.17) is 0 Å². The number of aryl methyl sites for hydroxylation is 1. The second-order valence-corrected chi connectivity index (χ2v) is 3.56. The Hall–Kier alpha value is -2.17. The van der Waals surface area contributed by atoms with Crippen molar-refractivity contribution in [3.05, 3.63) is 42.0 Å². The number of esters is 1. The number of nitrogens with zero attached hydrogens (tertiary/aromatic N) is 2. The number of carbonyl (C=O) groups excluding carboxylic acids is 1. The average Bonchev–Trinajstić information content (AvgIpc) is 2.71. The number of methoxy groups -OCH3 is 1. The van der Waals surface area contributed by atoms with E-state index >= 15 is 0 Å². The molecule has 0 atom stereocenters. The smallest absolute Gasteiger partial charge is 0.359 e. The minimum Gasteiger partial charge on any atom is -0.464 e. The van der Waals surface area contributed by atoms with Crippen molar-refractivity contribution in [3.8, 4) is 11.1 Å². The summed E-state index contributed by atoms with van der Waals surface area (Å²) in [6.45, 7) is 0. The molecular weight excluding hydrogens is 223 g/mol. The molecule has 4 nitrogen and oxygen atoms in total. The molecule has 0 spiro atoms. The molecule has 1 aromatic heterocycles. The van der Waals surface area contributed by atoms with Crippen LogP contribution >= 0.6 is 0 Å². The zero-order valence-corrected chi connectivity index (χ0v) is 9.48. The maximum atomic E-state index is 12.8. The summed E-state index contributed by atoms with van der Waals surface area (Å²) in [4.78, 5) is 11.5. The third-order valence-corrected chi connectivity index (χ3v) is 2.36. The number of aromatic nitrogens is 2. The zero-order valence-electron chi connectivity index (χ0n) is 9.48. The highest BCUT2D eigenvalue weighted by molar-refractivity contribution is 5.95. The van der Waals surface area contributed by atoms with Crippen molar-refractivity contribution in [2.45, 2.75) is 0 Å². The van der Waals surface area contributed by atoms with Gasteiger partial charge in [0.2, 0.25) is 0 Å². The van der Waals surface area contributed by atoms with Crippen LogP contribution < -0.4 is 0 Å². The maximum Gasteiger partial charge on any atom is 0.359 e. The minimum absolute atomic E-state index is 0.224. The summed E-state index contributed by atoms with van der Waals surface area (Å²) in [6.07, 6.45) is 1.69. The highest BCUT2D eigenvalue weighted by Gasteiger charge is 2.17. The van der Waals surface area contributed by atoms with Crippen LogP contribution in [0.3, 0.4) is 0 Å². The van der Waals surface area contributed by atoms with Crippen LogP contribution in [0.2, 0.25) is 0 Å². The SMILES string of the molecule is COC(=O)c1nn(C)cc1-c1ccc(F)cc1. The molecule has 0 bridgehead atoms. The van der Waals surface area contributed by atoms with Gasteiger partial charge in [-0.05, 0) is 17.7 Å². The van der Waals surface area contributed by atoms with E-state index in [-0.39, 0.29) is 11.5 Å². The topological polar surface area (TPSA) is 44.1 Å². The maximum absolute atomic E-state index is 12.8. The van der Waals surface area contributed by atoms with Gasteiger partial charge in [-0.1, -0.05) is 12.1 Å². The number of rotatable bonds is 2. The number of carbonyl (C=O) groups is 1. The van der Waals surface area contributed by atoms with E-state index < -0.39 is 5.97 Å². The molecule has 2 aromatic rings. The average molecular weight is 234 g/mol. The summed E-state index contributed by atoms with van der Waals surface area (Å²) >= 11 is 0.